The first-order chi connectivity index (χ1) is 9.06. The topological polar surface area (TPSA) is 83.1 Å². The molecule has 2 aliphatic heterocycles. The maximum Gasteiger partial charge on any atom is 0.162 e. The second-order valence-electron chi connectivity index (χ2n) is 5.16. The molecule has 3 unspecified atom stereocenters. The molecule has 1 aromatic heterocycles. The van der Waals surface area contributed by atoms with E-state index in [1.165, 1.54) is 0 Å². The second kappa shape index (κ2) is 4.59. The third kappa shape index (κ3) is 2.13. The predicted molar refractivity (Wildman–Crippen MR) is 68.2 cm³/mol. The van der Waals surface area contributed by atoms with Crippen LogP contribution in [0.15, 0.2) is 11.3 Å². The number of hydrogen-bond acceptors (Lipinski definition) is 6. The van der Waals surface area contributed by atoms with Gasteiger partial charge in [-0.1, -0.05) is 0 Å². The number of aromatic nitrogens is 2. The lowest BCUT2D eigenvalue weighted by atomic mass is 10.2. The molecule has 3 heterocycles. The second-order valence-corrected chi connectivity index (χ2v) is 5.16. The van der Waals surface area contributed by atoms with Crippen LogP contribution < -0.4 is 0 Å². The molecule has 2 N–H and O–H groups in total. The van der Waals surface area contributed by atoms with Crippen LogP contribution in [0.1, 0.15) is 31.4 Å². The summed E-state index contributed by atoms with van der Waals surface area (Å²) in [6, 6.07) is 0. The Balaban J connectivity index is 1.95. The molecule has 2 aliphatic rings. The lowest BCUT2D eigenvalue weighted by Gasteiger charge is -2.14. The number of rotatable bonds is 1. The summed E-state index contributed by atoms with van der Waals surface area (Å²) in [6.07, 6.45) is 2.15. The van der Waals surface area contributed by atoms with Gasteiger partial charge in [-0.05, 0) is 6.92 Å². The summed E-state index contributed by atoms with van der Waals surface area (Å²) in [4.78, 5) is 10.4. The Morgan fingerprint density at radius 3 is 2.89 bits per heavy atom. The molecular formula is C12H18N4O3. The molecular weight excluding hydrogens is 248 g/mol. The molecule has 0 saturated carbocycles. The van der Waals surface area contributed by atoms with Crippen LogP contribution in [0.25, 0.3) is 0 Å². The van der Waals surface area contributed by atoms with Crippen LogP contribution >= 0.6 is 0 Å². The van der Waals surface area contributed by atoms with E-state index in [1.54, 1.807) is 17.2 Å². The molecule has 0 radical (unpaired) electrons. The quantitative estimate of drug-likeness (QED) is 0.758. The maximum atomic E-state index is 10.1. The van der Waals surface area contributed by atoms with E-state index in [0.29, 0.717) is 24.5 Å². The monoisotopic (exact) mass is 266 g/mol. The fraction of sp³-hybridized carbons (Fsp3) is 0.667. The zero-order valence-corrected chi connectivity index (χ0v) is 11.0. The van der Waals surface area contributed by atoms with Gasteiger partial charge in [0.2, 0.25) is 0 Å². The largest absolute Gasteiger partial charge is 0.390 e. The minimum atomic E-state index is -0.674. The zero-order chi connectivity index (χ0) is 13.6. The van der Waals surface area contributed by atoms with Gasteiger partial charge in [0.1, 0.15) is 18.0 Å². The number of β-amino-alcohol motifs (C(OH)–C–C–N with tert-alkyl or cyclic N) is 1. The van der Waals surface area contributed by atoms with Crippen LogP contribution in [0.5, 0.6) is 0 Å². The molecule has 3 rings (SSSR count). The first-order valence-electron chi connectivity index (χ1n) is 6.39. The van der Waals surface area contributed by atoms with Crippen LogP contribution in [-0.2, 0) is 4.74 Å². The van der Waals surface area contributed by atoms with E-state index >= 15 is 0 Å². The fourth-order valence-corrected chi connectivity index (χ4v) is 2.48. The van der Waals surface area contributed by atoms with Gasteiger partial charge in [-0.15, -0.1) is 0 Å². The number of aliphatic imine (C=N–C) groups is 1. The van der Waals surface area contributed by atoms with Crippen LogP contribution in [0.3, 0.4) is 0 Å². The summed E-state index contributed by atoms with van der Waals surface area (Å²) in [7, 11) is 1.85. The normalized spacial score (nSPS) is 34.4. The van der Waals surface area contributed by atoms with Crippen molar-refractivity contribution in [2.24, 2.45) is 4.99 Å². The number of hydrogen-bond donors (Lipinski definition) is 2. The Kier molecular flexibility index (Phi) is 3.04. The SMILES string of the molecule is CC1OC(n2cnc3c2N=CN(C)CC3O)C[C@H]1O. The van der Waals surface area contributed by atoms with Crippen molar-refractivity contribution in [2.75, 3.05) is 13.6 Å². The van der Waals surface area contributed by atoms with Gasteiger partial charge in [-0.2, -0.15) is 0 Å². The number of nitrogens with zero attached hydrogens (tertiary/aromatic N) is 4. The van der Waals surface area contributed by atoms with Gasteiger partial charge in [0.15, 0.2) is 5.82 Å². The number of aliphatic hydroxyl groups excluding tert-OH is 2. The van der Waals surface area contributed by atoms with E-state index in [4.69, 9.17) is 4.74 Å². The highest BCUT2D eigenvalue weighted by atomic mass is 16.5. The lowest BCUT2D eigenvalue weighted by Crippen LogP contribution is -2.21. The Labute approximate surface area is 111 Å². The van der Waals surface area contributed by atoms with Crippen LogP contribution in [0.4, 0.5) is 5.82 Å². The van der Waals surface area contributed by atoms with E-state index < -0.39 is 12.2 Å². The summed E-state index contributed by atoms with van der Waals surface area (Å²) < 4.78 is 7.47. The molecule has 0 spiro atoms. The number of ether oxygens (including phenoxy) is 1. The van der Waals surface area contributed by atoms with Crippen molar-refractivity contribution < 1.29 is 14.9 Å². The Morgan fingerprint density at radius 2 is 2.21 bits per heavy atom. The summed E-state index contributed by atoms with van der Waals surface area (Å²) >= 11 is 0. The van der Waals surface area contributed by atoms with Gasteiger partial charge < -0.3 is 19.8 Å². The van der Waals surface area contributed by atoms with Gasteiger partial charge in [-0.25, -0.2) is 9.98 Å². The van der Waals surface area contributed by atoms with Gasteiger partial charge in [-0.3, -0.25) is 4.57 Å². The van der Waals surface area contributed by atoms with E-state index in [0.717, 1.165) is 0 Å². The molecule has 7 heteroatoms. The van der Waals surface area contributed by atoms with Crippen LogP contribution in [0, 0.1) is 0 Å². The molecule has 1 saturated heterocycles. The summed E-state index contributed by atoms with van der Waals surface area (Å²) in [5.41, 5.74) is 0.554. The molecule has 4 atom stereocenters. The standard InChI is InChI=1S/C12H18N4O3/c1-7-8(17)3-10(19-7)16-6-13-11-9(18)4-15(2)5-14-12(11)16/h5-10,17-18H,3-4H2,1-2H3/t7?,8-,9?,10?/m1/s1. The molecule has 1 aromatic rings. The number of aliphatic hydroxyl groups is 2. The molecule has 0 aromatic carbocycles. The molecule has 104 valence electrons. The smallest absolute Gasteiger partial charge is 0.162 e. The first-order valence-corrected chi connectivity index (χ1v) is 6.39. The van der Waals surface area contributed by atoms with Crippen LogP contribution in [-0.4, -0.2) is 56.8 Å². The van der Waals surface area contributed by atoms with Crippen molar-refractivity contribution in [2.45, 2.75) is 37.9 Å². The molecule has 0 amide bonds. The van der Waals surface area contributed by atoms with Gasteiger partial charge in [0, 0.05) is 13.5 Å². The molecule has 1 fully saturated rings. The van der Waals surface area contributed by atoms with E-state index in [9.17, 15) is 10.2 Å². The van der Waals surface area contributed by atoms with Crippen molar-refractivity contribution in [3.63, 3.8) is 0 Å². The fourth-order valence-electron chi connectivity index (χ4n) is 2.48. The maximum absolute atomic E-state index is 10.1. The summed E-state index contributed by atoms with van der Waals surface area (Å²) in [5.74, 6) is 0.600. The zero-order valence-electron chi connectivity index (χ0n) is 11.0. The van der Waals surface area contributed by atoms with E-state index in [-0.39, 0.29) is 12.3 Å². The van der Waals surface area contributed by atoms with Crippen molar-refractivity contribution in [3.8, 4) is 0 Å². The number of imidazole rings is 1. The van der Waals surface area contributed by atoms with E-state index in [1.807, 2.05) is 18.9 Å². The lowest BCUT2D eigenvalue weighted by molar-refractivity contribution is -0.00720. The number of fused-ring (bicyclic) bond motifs is 1. The molecule has 0 bridgehead atoms. The van der Waals surface area contributed by atoms with Crippen molar-refractivity contribution in [1.29, 1.82) is 0 Å². The average Bonchev–Trinajstić information content (AvgIpc) is 2.87. The average molecular weight is 266 g/mol. The summed E-state index contributed by atoms with van der Waals surface area (Å²) in [6.45, 7) is 2.30. The minimum absolute atomic E-state index is 0.203. The van der Waals surface area contributed by atoms with Gasteiger partial charge in [0.05, 0.1) is 31.4 Å². The third-order valence-electron chi connectivity index (χ3n) is 3.62. The Bertz CT molecular complexity index is 491. The van der Waals surface area contributed by atoms with Crippen molar-refractivity contribution in [1.82, 2.24) is 14.5 Å². The van der Waals surface area contributed by atoms with E-state index in [2.05, 4.69) is 9.98 Å². The third-order valence-corrected chi connectivity index (χ3v) is 3.62. The summed E-state index contributed by atoms with van der Waals surface area (Å²) in [5, 5.41) is 19.9. The van der Waals surface area contributed by atoms with Crippen LogP contribution in [0.2, 0.25) is 0 Å². The highest BCUT2D eigenvalue weighted by molar-refractivity contribution is 5.62. The van der Waals surface area contributed by atoms with Gasteiger partial charge in [0.25, 0.3) is 0 Å². The van der Waals surface area contributed by atoms with Crippen molar-refractivity contribution in [3.05, 3.63) is 12.0 Å². The number of likely N-dealkylation sites (N-methyl/N-ethyl adjacent to an activating group) is 1. The molecule has 0 aliphatic carbocycles. The van der Waals surface area contributed by atoms with Gasteiger partial charge >= 0.3 is 0 Å². The first kappa shape index (κ1) is 12.6. The minimum Gasteiger partial charge on any atom is -0.390 e. The molecule has 19 heavy (non-hydrogen) atoms. The predicted octanol–water partition coefficient (Wildman–Crippen LogP) is 0.190. The Hall–Kier alpha value is -1.44. The highest BCUT2D eigenvalue weighted by Crippen LogP contribution is 2.35. The van der Waals surface area contributed by atoms with Crippen molar-refractivity contribution >= 4 is 12.2 Å². The molecule has 7 nitrogen and oxygen atoms in total. The highest BCUT2D eigenvalue weighted by Gasteiger charge is 2.34. The Morgan fingerprint density at radius 1 is 1.42 bits per heavy atom.